The zero-order chi connectivity index (χ0) is 17.9. The van der Waals surface area contributed by atoms with Gasteiger partial charge < -0.3 is 9.47 Å². The molecule has 8 heteroatoms. The van der Waals surface area contributed by atoms with Crippen LogP contribution in [-0.2, 0) is 11.2 Å². The Hall–Kier alpha value is -3.16. The van der Waals surface area contributed by atoms with E-state index in [1.165, 1.54) is 18.6 Å². The van der Waals surface area contributed by atoms with Crippen LogP contribution in [0.4, 0.5) is 0 Å². The summed E-state index contributed by atoms with van der Waals surface area (Å²) in [6.45, 7) is 3.72. The third-order valence-corrected chi connectivity index (χ3v) is 3.53. The Balaban J connectivity index is 1.52. The fourth-order valence-electron chi connectivity index (χ4n) is 2.49. The van der Waals surface area contributed by atoms with Gasteiger partial charge in [-0.1, -0.05) is 12.1 Å². The first-order valence-corrected chi connectivity index (χ1v) is 7.73. The molecule has 1 aromatic carbocycles. The average molecular weight is 342 g/mol. The molecule has 2 heterocycles. The van der Waals surface area contributed by atoms with E-state index in [-0.39, 0.29) is 17.9 Å². The van der Waals surface area contributed by atoms with Crippen molar-refractivity contribution in [1.82, 2.24) is 20.8 Å². The molecule has 1 aliphatic heterocycles. The van der Waals surface area contributed by atoms with Crippen molar-refractivity contribution in [3.05, 3.63) is 48.0 Å². The number of nitrogens with one attached hydrogen (secondary N) is 2. The lowest BCUT2D eigenvalue weighted by molar-refractivity contribution is -0.123. The zero-order valence-electron chi connectivity index (χ0n) is 13.9. The van der Waals surface area contributed by atoms with Crippen molar-refractivity contribution in [1.29, 1.82) is 0 Å². The van der Waals surface area contributed by atoms with Gasteiger partial charge in [-0.15, -0.1) is 0 Å². The molecule has 3 rings (SSSR count). The molecule has 0 saturated carbocycles. The highest BCUT2D eigenvalue weighted by molar-refractivity contribution is 5.93. The van der Waals surface area contributed by atoms with Gasteiger partial charge >= 0.3 is 0 Å². The lowest BCUT2D eigenvalue weighted by Crippen LogP contribution is -2.44. The van der Waals surface area contributed by atoms with Crippen LogP contribution >= 0.6 is 0 Å². The summed E-state index contributed by atoms with van der Waals surface area (Å²) in [4.78, 5) is 31.2. The third kappa shape index (κ3) is 4.03. The van der Waals surface area contributed by atoms with E-state index >= 15 is 0 Å². The first kappa shape index (κ1) is 16.7. The zero-order valence-corrected chi connectivity index (χ0v) is 13.9. The molecule has 130 valence electrons. The van der Waals surface area contributed by atoms with Crippen molar-refractivity contribution in [2.24, 2.45) is 0 Å². The van der Waals surface area contributed by atoms with Crippen molar-refractivity contribution in [2.45, 2.75) is 25.9 Å². The number of ether oxygens (including phenoxy) is 2. The largest absolute Gasteiger partial charge is 0.483 e. The summed E-state index contributed by atoms with van der Waals surface area (Å²) >= 11 is 0. The van der Waals surface area contributed by atoms with Crippen LogP contribution < -0.4 is 20.3 Å². The Morgan fingerprint density at radius 3 is 2.88 bits per heavy atom. The van der Waals surface area contributed by atoms with Gasteiger partial charge in [-0.2, -0.15) is 0 Å². The van der Waals surface area contributed by atoms with Crippen LogP contribution in [0.3, 0.4) is 0 Å². The molecule has 1 aromatic heterocycles. The number of amides is 2. The number of aromatic nitrogens is 2. The monoisotopic (exact) mass is 342 g/mol. The number of carbonyl (C=O) groups excluding carboxylic acids is 2. The molecule has 8 nitrogen and oxygen atoms in total. The quantitative estimate of drug-likeness (QED) is 0.805. The number of fused-ring (bicyclic) bond motifs is 1. The molecule has 2 amide bonds. The van der Waals surface area contributed by atoms with Gasteiger partial charge in [0.2, 0.25) is 0 Å². The Morgan fingerprint density at radius 1 is 1.28 bits per heavy atom. The first-order valence-electron chi connectivity index (χ1n) is 7.73. The van der Waals surface area contributed by atoms with Gasteiger partial charge in [-0.3, -0.25) is 25.4 Å². The molecule has 0 fully saturated rings. The molecule has 0 saturated heterocycles. The van der Waals surface area contributed by atoms with Crippen molar-refractivity contribution in [3.8, 4) is 11.5 Å². The van der Waals surface area contributed by atoms with Gasteiger partial charge in [0.1, 0.15) is 11.3 Å². The van der Waals surface area contributed by atoms with Gasteiger partial charge in [-0.25, -0.2) is 4.98 Å². The lowest BCUT2D eigenvalue weighted by atomic mass is 10.0. The molecule has 2 aromatic rings. The number of rotatable bonds is 4. The van der Waals surface area contributed by atoms with Crippen LogP contribution in [0, 0.1) is 0 Å². The first-order chi connectivity index (χ1) is 11.9. The lowest BCUT2D eigenvalue weighted by Gasteiger charge is -2.18. The predicted octanol–water partition coefficient (Wildman–Crippen LogP) is 1.03. The van der Waals surface area contributed by atoms with Crippen LogP contribution in [0.15, 0.2) is 36.8 Å². The summed E-state index contributed by atoms with van der Waals surface area (Å²) < 4.78 is 11.4. The topological polar surface area (TPSA) is 102 Å². The van der Waals surface area contributed by atoms with Crippen LogP contribution in [0.2, 0.25) is 0 Å². The average Bonchev–Trinajstić information content (AvgIpc) is 2.93. The van der Waals surface area contributed by atoms with Crippen molar-refractivity contribution in [3.63, 3.8) is 0 Å². The minimum Gasteiger partial charge on any atom is -0.483 e. The molecule has 0 bridgehead atoms. The standard InChI is InChI=1S/C17H18N4O4/c1-17(2)8-11-4-3-5-13(15(11)25-17)24-10-14(22)20-21-16(23)12-9-18-6-7-19-12/h3-7,9H,8,10H2,1-2H3,(H,20,22)(H,21,23). The van der Waals surface area contributed by atoms with E-state index in [1.807, 2.05) is 26.0 Å². The number of benzene rings is 1. The Morgan fingerprint density at radius 2 is 2.12 bits per heavy atom. The second-order valence-electron chi connectivity index (χ2n) is 6.16. The van der Waals surface area contributed by atoms with E-state index in [0.717, 1.165) is 12.0 Å². The van der Waals surface area contributed by atoms with Crippen molar-refractivity contribution in [2.75, 3.05) is 6.61 Å². The van der Waals surface area contributed by atoms with E-state index in [0.29, 0.717) is 11.5 Å². The maximum Gasteiger partial charge on any atom is 0.289 e. The summed E-state index contributed by atoms with van der Waals surface area (Å²) in [7, 11) is 0. The van der Waals surface area contributed by atoms with Gasteiger partial charge in [0.15, 0.2) is 18.1 Å². The minimum absolute atomic E-state index is 0.0974. The molecule has 2 N–H and O–H groups in total. The summed E-state index contributed by atoms with van der Waals surface area (Å²) in [6.07, 6.45) is 4.91. The second-order valence-corrected chi connectivity index (χ2v) is 6.16. The van der Waals surface area contributed by atoms with E-state index in [9.17, 15) is 9.59 Å². The molecule has 1 aliphatic rings. The minimum atomic E-state index is -0.563. The highest BCUT2D eigenvalue weighted by atomic mass is 16.5. The van der Waals surface area contributed by atoms with E-state index in [2.05, 4.69) is 20.8 Å². The Labute approximate surface area is 144 Å². The maximum absolute atomic E-state index is 11.9. The second kappa shape index (κ2) is 6.76. The highest BCUT2D eigenvalue weighted by Gasteiger charge is 2.32. The number of para-hydroxylation sites is 1. The Bertz CT molecular complexity index is 792. The highest BCUT2D eigenvalue weighted by Crippen LogP contribution is 2.41. The van der Waals surface area contributed by atoms with Gasteiger partial charge in [0.05, 0.1) is 6.20 Å². The summed E-state index contributed by atoms with van der Waals surface area (Å²) in [5.74, 6) is 0.0848. The summed E-state index contributed by atoms with van der Waals surface area (Å²) in [6, 6.07) is 5.57. The van der Waals surface area contributed by atoms with Crippen LogP contribution in [0.25, 0.3) is 0 Å². The van der Waals surface area contributed by atoms with Gasteiger partial charge in [0, 0.05) is 24.4 Å². The number of carbonyl (C=O) groups is 2. The summed E-state index contributed by atoms with van der Waals surface area (Å²) in [5.41, 5.74) is 5.35. The van der Waals surface area contributed by atoms with Crippen molar-refractivity contribution >= 4 is 11.8 Å². The van der Waals surface area contributed by atoms with E-state index in [4.69, 9.17) is 9.47 Å². The molecule has 0 unspecified atom stereocenters. The molecule has 0 atom stereocenters. The maximum atomic E-state index is 11.9. The molecule has 0 radical (unpaired) electrons. The number of hydrogen-bond donors (Lipinski definition) is 2. The predicted molar refractivity (Wildman–Crippen MR) is 88.0 cm³/mol. The molecule has 0 spiro atoms. The number of hydrazine groups is 1. The molecular formula is C17H18N4O4. The van der Waals surface area contributed by atoms with Crippen LogP contribution in [0.1, 0.15) is 29.9 Å². The van der Waals surface area contributed by atoms with Crippen LogP contribution in [-0.4, -0.2) is 34.0 Å². The molecule has 0 aliphatic carbocycles. The number of hydrogen-bond acceptors (Lipinski definition) is 6. The van der Waals surface area contributed by atoms with E-state index in [1.54, 1.807) is 6.07 Å². The molecule has 25 heavy (non-hydrogen) atoms. The normalized spacial score (nSPS) is 14.2. The van der Waals surface area contributed by atoms with Gasteiger partial charge in [0.25, 0.3) is 11.8 Å². The fourth-order valence-corrected chi connectivity index (χ4v) is 2.49. The smallest absolute Gasteiger partial charge is 0.289 e. The summed E-state index contributed by atoms with van der Waals surface area (Å²) in [5, 5.41) is 0. The number of nitrogens with zero attached hydrogens (tertiary/aromatic N) is 2. The molecular weight excluding hydrogens is 324 g/mol. The fraction of sp³-hybridized carbons (Fsp3) is 0.294. The van der Waals surface area contributed by atoms with Crippen molar-refractivity contribution < 1.29 is 19.1 Å². The SMILES string of the molecule is CC1(C)Cc2cccc(OCC(=O)NNC(=O)c3cnccn3)c2O1. The third-order valence-electron chi connectivity index (χ3n) is 3.53. The van der Waals surface area contributed by atoms with Gasteiger partial charge in [-0.05, 0) is 19.9 Å². The van der Waals surface area contributed by atoms with E-state index < -0.39 is 11.8 Å². The Kier molecular flexibility index (Phi) is 4.51. The van der Waals surface area contributed by atoms with Crippen LogP contribution in [0.5, 0.6) is 11.5 Å².